The van der Waals surface area contributed by atoms with Gasteiger partial charge in [-0.1, -0.05) is 29.4 Å². The highest BCUT2D eigenvalue weighted by Crippen LogP contribution is 2.25. The molecule has 2 aromatic rings. The predicted octanol–water partition coefficient (Wildman–Crippen LogP) is 4.04. The fraction of sp³-hybridized carbons (Fsp3) is 0.294. The number of thioether (sulfide) groups is 1. The van der Waals surface area contributed by atoms with Crippen LogP contribution in [0.1, 0.15) is 5.56 Å². The molecule has 0 atom stereocenters. The lowest BCUT2D eigenvalue weighted by Crippen LogP contribution is -2.23. The number of aromatic nitrogens is 1. The Morgan fingerprint density at radius 1 is 1.22 bits per heavy atom. The molecule has 0 aliphatic carbocycles. The number of nitrogens with zero attached hydrogens (tertiary/aromatic N) is 4. The number of anilines is 1. The summed E-state index contributed by atoms with van der Waals surface area (Å²) in [6, 6.07) is 12.1. The largest absolute Gasteiger partial charge is 0.378 e. The number of aliphatic imine (C=N–C) groups is 1. The molecule has 3 rings (SSSR count). The maximum Gasteiger partial charge on any atom is 0.164 e. The lowest BCUT2D eigenvalue weighted by atomic mass is 10.2. The maximum atomic E-state index is 5.84. The molecule has 1 aliphatic rings. The number of amidine groups is 1. The predicted molar refractivity (Wildman–Crippen MR) is 100.0 cm³/mol. The van der Waals surface area contributed by atoms with Crippen molar-refractivity contribution < 1.29 is 0 Å². The summed E-state index contributed by atoms with van der Waals surface area (Å²) in [5, 5.41) is 1.59. The van der Waals surface area contributed by atoms with E-state index in [2.05, 4.69) is 39.0 Å². The van der Waals surface area contributed by atoms with Gasteiger partial charge in [-0.25, -0.2) is 9.98 Å². The summed E-state index contributed by atoms with van der Waals surface area (Å²) in [6.45, 7) is 1.81. The first-order valence-corrected chi connectivity index (χ1v) is 8.82. The maximum absolute atomic E-state index is 5.84. The molecule has 0 amide bonds. The number of hydrogen-bond acceptors (Lipinski definition) is 4. The molecule has 0 spiro atoms. The molecule has 4 nitrogen and oxygen atoms in total. The van der Waals surface area contributed by atoms with Crippen molar-refractivity contribution in [3.63, 3.8) is 0 Å². The Balaban J connectivity index is 1.73. The summed E-state index contributed by atoms with van der Waals surface area (Å²) >= 11 is 7.64. The second kappa shape index (κ2) is 7.23. The van der Waals surface area contributed by atoms with E-state index in [-0.39, 0.29) is 0 Å². The summed E-state index contributed by atoms with van der Waals surface area (Å²) in [5.74, 6) is 1.07. The van der Waals surface area contributed by atoms with E-state index in [4.69, 9.17) is 16.6 Å². The van der Waals surface area contributed by atoms with Gasteiger partial charge in [0.05, 0.1) is 5.69 Å². The van der Waals surface area contributed by atoms with E-state index in [1.807, 2.05) is 32.4 Å². The second-order valence-electron chi connectivity index (χ2n) is 5.56. The zero-order valence-electron chi connectivity index (χ0n) is 13.2. The van der Waals surface area contributed by atoms with Gasteiger partial charge in [-0.2, -0.15) is 0 Å². The van der Waals surface area contributed by atoms with Crippen LogP contribution in [0.15, 0.2) is 47.6 Å². The number of pyridine rings is 1. The van der Waals surface area contributed by atoms with Gasteiger partial charge < -0.3 is 9.80 Å². The van der Waals surface area contributed by atoms with Crippen LogP contribution in [0.2, 0.25) is 5.15 Å². The van der Waals surface area contributed by atoms with Crippen molar-refractivity contribution in [2.75, 3.05) is 31.3 Å². The zero-order chi connectivity index (χ0) is 16.2. The summed E-state index contributed by atoms with van der Waals surface area (Å²) in [7, 11) is 4.07. The Bertz CT molecular complexity index is 683. The molecule has 6 heteroatoms. The average molecular weight is 347 g/mol. The molecule has 0 unspecified atom stereocenters. The molecule has 1 aromatic carbocycles. The fourth-order valence-corrected chi connectivity index (χ4v) is 3.45. The first-order valence-electron chi connectivity index (χ1n) is 7.46. The van der Waals surface area contributed by atoms with Crippen LogP contribution in [-0.4, -0.2) is 41.4 Å². The molecule has 1 aromatic heterocycles. The van der Waals surface area contributed by atoms with Crippen LogP contribution in [0.3, 0.4) is 0 Å². The van der Waals surface area contributed by atoms with Gasteiger partial charge in [0.1, 0.15) is 5.15 Å². The highest BCUT2D eigenvalue weighted by Gasteiger charge is 2.19. The lowest BCUT2D eigenvalue weighted by Gasteiger charge is -2.18. The van der Waals surface area contributed by atoms with Gasteiger partial charge in [-0.3, -0.25) is 0 Å². The lowest BCUT2D eigenvalue weighted by molar-refractivity contribution is 0.456. The molecule has 1 aliphatic heterocycles. The number of halogens is 1. The van der Waals surface area contributed by atoms with Crippen molar-refractivity contribution in [3.05, 3.63) is 53.3 Å². The third-order valence-electron chi connectivity index (χ3n) is 3.62. The van der Waals surface area contributed by atoms with Gasteiger partial charge in [0.25, 0.3) is 0 Å². The minimum Gasteiger partial charge on any atom is -0.378 e. The Kier molecular flexibility index (Phi) is 5.08. The average Bonchev–Trinajstić information content (AvgIpc) is 2.97. The molecule has 1 fully saturated rings. The minimum absolute atomic E-state index is 0.527. The van der Waals surface area contributed by atoms with Crippen molar-refractivity contribution in [3.8, 4) is 0 Å². The van der Waals surface area contributed by atoms with Crippen molar-refractivity contribution in [1.82, 2.24) is 9.88 Å². The van der Waals surface area contributed by atoms with Crippen LogP contribution in [0.5, 0.6) is 0 Å². The van der Waals surface area contributed by atoms with E-state index in [0.717, 1.165) is 35.3 Å². The molecule has 1 saturated heterocycles. The van der Waals surface area contributed by atoms with Crippen LogP contribution >= 0.6 is 23.4 Å². The molecule has 0 radical (unpaired) electrons. The SMILES string of the molecule is CN(C)c1ccc(N=C2SCCN2Cc2ccc(Cl)nc2)cc1. The Hall–Kier alpha value is -1.72. The minimum atomic E-state index is 0.527. The quantitative estimate of drug-likeness (QED) is 0.782. The van der Waals surface area contributed by atoms with Gasteiger partial charge in [0, 0.05) is 44.8 Å². The number of hydrogen-bond donors (Lipinski definition) is 0. The highest BCUT2D eigenvalue weighted by atomic mass is 35.5. The van der Waals surface area contributed by atoms with E-state index < -0.39 is 0 Å². The van der Waals surface area contributed by atoms with Crippen molar-refractivity contribution >= 4 is 39.9 Å². The molecule has 23 heavy (non-hydrogen) atoms. The Labute approximate surface area is 146 Å². The van der Waals surface area contributed by atoms with Crippen LogP contribution < -0.4 is 4.90 Å². The fourth-order valence-electron chi connectivity index (χ4n) is 2.34. The van der Waals surface area contributed by atoms with E-state index in [0.29, 0.717) is 5.15 Å². The first-order chi connectivity index (χ1) is 11.1. The van der Waals surface area contributed by atoms with Gasteiger partial charge in [0.15, 0.2) is 5.17 Å². The molecule has 0 N–H and O–H groups in total. The van der Waals surface area contributed by atoms with Crippen molar-refractivity contribution in [1.29, 1.82) is 0 Å². The third kappa shape index (κ3) is 4.18. The van der Waals surface area contributed by atoms with Crippen LogP contribution in [0.4, 0.5) is 11.4 Å². The smallest absolute Gasteiger partial charge is 0.164 e. The van der Waals surface area contributed by atoms with E-state index in [1.165, 1.54) is 5.69 Å². The van der Waals surface area contributed by atoms with Gasteiger partial charge in [-0.15, -0.1) is 0 Å². The Morgan fingerprint density at radius 3 is 2.65 bits per heavy atom. The van der Waals surface area contributed by atoms with Gasteiger partial charge >= 0.3 is 0 Å². The normalized spacial score (nSPS) is 16.1. The van der Waals surface area contributed by atoms with Gasteiger partial charge in [-0.05, 0) is 35.9 Å². The van der Waals surface area contributed by atoms with E-state index >= 15 is 0 Å². The van der Waals surface area contributed by atoms with Crippen molar-refractivity contribution in [2.45, 2.75) is 6.54 Å². The van der Waals surface area contributed by atoms with Gasteiger partial charge in [0.2, 0.25) is 0 Å². The summed E-state index contributed by atoms with van der Waals surface area (Å²) < 4.78 is 0. The first kappa shape index (κ1) is 16.1. The summed E-state index contributed by atoms with van der Waals surface area (Å²) in [5.41, 5.74) is 3.31. The molecule has 0 bridgehead atoms. The zero-order valence-corrected chi connectivity index (χ0v) is 14.8. The standard InChI is InChI=1S/C17H19ClN4S/c1-21(2)15-6-4-14(5-7-15)20-17-22(9-10-23-17)12-13-3-8-16(18)19-11-13/h3-8,11H,9-10,12H2,1-2H3. The molecule has 0 saturated carbocycles. The monoisotopic (exact) mass is 346 g/mol. The topological polar surface area (TPSA) is 31.7 Å². The van der Waals surface area contributed by atoms with E-state index in [1.54, 1.807) is 11.8 Å². The summed E-state index contributed by atoms with van der Waals surface area (Å²) in [4.78, 5) is 13.3. The van der Waals surface area contributed by atoms with Crippen LogP contribution in [0.25, 0.3) is 0 Å². The molecule has 2 heterocycles. The molecular formula is C17H19ClN4S. The van der Waals surface area contributed by atoms with E-state index in [9.17, 15) is 0 Å². The number of rotatable bonds is 4. The van der Waals surface area contributed by atoms with Crippen molar-refractivity contribution in [2.24, 2.45) is 4.99 Å². The molecular weight excluding hydrogens is 328 g/mol. The number of benzene rings is 1. The van der Waals surface area contributed by atoms with Crippen LogP contribution in [-0.2, 0) is 6.54 Å². The second-order valence-corrected chi connectivity index (χ2v) is 7.01. The summed E-state index contributed by atoms with van der Waals surface area (Å²) in [6.07, 6.45) is 1.83. The Morgan fingerprint density at radius 2 is 2.00 bits per heavy atom. The third-order valence-corrected chi connectivity index (χ3v) is 4.83. The molecule has 120 valence electrons. The highest BCUT2D eigenvalue weighted by molar-refractivity contribution is 8.14. The van der Waals surface area contributed by atoms with Crippen LogP contribution in [0, 0.1) is 0 Å².